The van der Waals surface area contributed by atoms with Gasteiger partial charge in [0.1, 0.15) is 17.3 Å². The first-order valence-electron chi connectivity index (χ1n) is 7.06. The second-order valence-corrected chi connectivity index (χ2v) is 4.82. The van der Waals surface area contributed by atoms with Crippen LogP contribution < -0.4 is 20.3 Å². The second-order valence-electron chi connectivity index (χ2n) is 4.82. The van der Waals surface area contributed by atoms with Crippen LogP contribution in [0.3, 0.4) is 0 Å². The van der Waals surface area contributed by atoms with Crippen molar-refractivity contribution in [2.45, 2.75) is 6.36 Å². The Bertz CT molecular complexity index is 761. The number of benzene rings is 2. The number of nitrogens with one attached hydrogen (secondary N) is 2. The predicted octanol–water partition coefficient (Wildman–Crippen LogP) is 2.56. The molecule has 2 amide bonds. The van der Waals surface area contributed by atoms with Crippen molar-refractivity contribution in [1.82, 2.24) is 10.9 Å². The van der Waals surface area contributed by atoms with Gasteiger partial charge in [-0.2, -0.15) is 0 Å². The Labute approximate surface area is 144 Å². The predicted molar refractivity (Wildman–Crippen MR) is 80.6 cm³/mol. The van der Waals surface area contributed by atoms with E-state index in [1.165, 1.54) is 12.1 Å². The molecule has 6 nitrogen and oxygen atoms in total. The summed E-state index contributed by atoms with van der Waals surface area (Å²) >= 11 is 0. The third-order valence-electron chi connectivity index (χ3n) is 2.85. The molecule has 0 fully saturated rings. The lowest BCUT2D eigenvalue weighted by atomic mass is 10.2. The molecule has 0 aliphatic carbocycles. The minimum absolute atomic E-state index is 0.000669. The van der Waals surface area contributed by atoms with Gasteiger partial charge >= 0.3 is 6.36 Å². The Morgan fingerprint density at radius 2 is 1.46 bits per heavy atom. The molecule has 10 heteroatoms. The number of alkyl halides is 3. The van der Waals surface area contributed by atoms with E-state index < -0.39 is 36.4 Å². The van der Waals surface area contributed by atoms with Crippen LogP contribution in [0.25, 0.3) is 0 Å². The molecule has 0 atom stereocenters. The summed E-state index contributed by atoms with van der Waals surface area (Å²) in [4.78, 5) is 23.3. The van der Waals surface area contributed by atoms with Crippen molar-refractivity contribution in [2.75, 3.05) is 6.61 Å². The maximum absolute atomic E-state index is 12.7. The van der Waals surface area contributed by atoms with Crippen LogP contribution in [0, 0.1) is 5.82 Å². The molecule has 0 bridgehead atoms. The van der Waals surface area contributed by atoms with Gasteiger partial charge in [-0.3, -0.25) is 20.4 Å². The third-order valence-corrected chi connectivity index (χ3v) is 2.85. The molecule has 0 aliphatic heterocycles. The van der Waals surface area contributed by atoms with Gasteiger partial charge in [0.05, 0.1) is 0 Å². The van der Waals surface area contributed by atoms with Gasteiger partial charge in [0.15, 0.2) is 6.61 Å². The molecule has 0 radical (unpaired) electrons. The average Bonchev–Trinajstić information content (AvgIpc) is 2.58. The average molecular weight is 372 g/mol. The van der Waals surface area contributed by atoms with E-state index >= 15 is 0 Å². The maximum atomic E-state index is 12.7. The van der Waals surface area contributed by atoms with Crippen LogP contribution >= 0.6 is 0 Å². The highest BCUT2D eigenvalue weighted by Gasteiger charge is 2.31. The Morgan fingerprint density at radius 3 is 2.04 bits per heavy atom. The summed E-state index contributed by atoms with van der Waals surface area (Å²) in [5, 5.41) is 0. The first kappa shape index (κ1) is 19.0. The van der Waals surface area contributed by atoms with Gasteiger partial charge in [-0.25, -0.2) is 4.39 Å². The smallest absolute Gasteiger partial charge is 0.484 e. The highest BCUT2D eigenvalue weighted by molar-refractivity contribution is 5.95. The molecule has 0 spiro atoms. The van der Waals surface area contributed by atoms with Gasteiger partial charge in [-0.15, -0.1) is 13.2 Å². The van der Waals surface area contributed by atoms with Crippen LogP contribution in [-0.4, -0.2) is 24.8 Å². The van der Waals surface area contributed by atoms with Crippen LogP contribution in [0.5, 0.6) is 11.5 Å². The number of carbonyl (C=O) groups excluding carboxylic acids is 2. The van der Waals surface area contributed by atoms with E-state index in [4.69, 9.17) is 4.74 Å². The van der Waals surface area contributed by atoms with Gasteiger partial charge in [0.25, 0.3) is 11.8 Å². The molecule has 0 heterocycles. The first-order chi connectivity index (χ1) is 12.2. The second kappa shape index (κ2) is 8.19. The molecule has 26 heavy (non-hydrogen) atoms. The standard InChI is InChI=1S/C16H12F4N2O4/c17-11-3-7-12(8-4-11)25-9-14(23)21-22-15(24)10-1-5-13(6-2-10)26-16(18,19)20/h1-8H,9H2,(H,21,23)(H,22,24). The van der Waals surface area contributed by atoms with E-state index in [9.17, 15) is 27.2 Å². The van der Waals surface area contributed by atoms with Crippen molar-refractivity contribution in [2.24, 2.45) is 0 Å². The molecule has 0 unspecified atom stereocenters. The Kier molecular flexibility index (Phi) is 5.99. The molecule has 2 N–H and O–H groups in total. The fourth-order valence-electron chi connectivity index (χ4n) is 1.72. The summed E-state index contributed by atoms with van der Waals surface area (Å²) in [6, 6.07) is 9.07. The zero-order valence-electron chi connectivity index (χ0n) is 13.0. The van der Waals surface area contributed by atoms with Crippen LogP contribution in [0.4, 0.5) is 17.6 Å². The normalized spacial score (nSPS) is 10.8. The maximum Gasteiger partial charge on any atom is 0.573 e. The van der Waals surface area contributed by atoms with Gasteiger partial charge in [0, 0.05) is 5.56 Å². The van der Waals surface area contributed by atoms with Crippen molar-refractivity contribution in [3.8, 4) is 11.5 Å². The fraction of sp³-hybridized carbons (Fsp3) is 0.125. The number of amides is 2. The number of halogens is 4. The lowest BCUT2D eigenvalue weighted by molar-refractivity contribution is -0.274. The molecule has 2 aromatic rings. The summed E-state index contributed by atoms with van der Waals surface area (Å²) in [6.45, 7) is -0.440. The van der Waals surface area contributed by atoms with E-state index in [2.05, 4.69) is 15.6 Å². The highest BCUT2D eigenvalue weighted by atomic mass is 19.4. The first-order valence-corrected chi connectivity index (χ1v) is 7.06. The largest absolute Gasteiger partial charge is 0.573 e. The van der Waals surface area contributed by atoms with Crippen molar-refractivity contribution >= 4 is 11.8 Å². The summed E-state index contributed by atoms with van der Waals surface area (Å²) < 4.78 is 57.6. The third kappa shape index (κ3) is 6.30. The summed E-state index contributed by atoms with van der Waals surface area (Å²) in [6.07, 6.45) is -4.83. The van der Waals surface area contributed by atoms with Crippen molar-refractivity contribution in [1.29, 1.82) is 0 Å². The Balaban J connectivity index is 1.78. The summed E-state index contributed by atoms with van der Waals surface area (Å²) in [5.74, 6) is -2.13. The molecule has 2 rings (SSSR count). The number of hydrogen-bond donors (Lipinski definition) is 2. The van der Waals surface area contributed by atoms with E-state index in [-0.39, 0.29) is 11.3 Å². The zero-order chi connectivity index (χ0) is 19.2. The fourth-order valence-corrected chi connectivity index (χ4v) is 1.72. The van der Waals surface area contributed by atoms with Crippen LogP contribution in [0.15, 0.2) is 48.5 Å². The van der Waals surface area contributed by atoms with E-state index in [1.54, 1.807) is 0 Å². The van der Waals surface area contributed by atoms with Gasteiger partial charge < -0.3 is 9.47 Å². The SMILES string of the molecule is O=C(COc1ccc(F)cc1)NNC(=O)c1ccc(OC(F)(F)F)cc1. The summed E-state index contributed by atoms with van der Waals surface area (Å²) in [5.41, 5.74) is 4.14. The van der Waals surface area contributed by atoms with Crippen molar-refractivity contribution in [3.05, 3.63) is 59.9 Å². The number of carbonyl (C=O) groups is 2. The molecule has 2 aromatic carbocycles. The van der Waals surface area contributed by atoms with Gasteiger partial charge in [-0.1, -0.05) is 0 Å². The van der Waals surface area contributed by atoms with E-state index in [1.807, 2.05) is 0 Å². The molecule has 0 aliphatic rings. The van der Waals surface area contributed by atoms with E-state index in [0.29, 0.717) is 0 Å². The molecule has 0 saturated carbocycles. The van der Waals surface area contributed by atoms with Gasteiger partial charge in [0.2, 0.25) is 0 Å². The lowest BCUT2D eigenvalue weighted by Crippen LogP contribution is -2.43. The zero-order valence-corrected chi connectivity index (χ0v) is 13.0. The highest BCUT2D eigenvalue weighted by Crippen LogP contribution is 2.22. The number of ether oxygens (including phenoxy) is 2. The monoisotopic (exact) mass is 372 g/mol. The Morgan fingerprint density at radius 1 is 0.885 bits per heavy atom. The molecular weight excluding hydrogens is 360 g/mol. The lowest BCUT2D eigenvalue weighted by Gasteiger charge is -2.10. The van der Waals surface area contributed by atoms with Crippen LogP contribution in [-0.2, 0) is 4.79 Å². The van der Waals surface area contributed by atoms with Crippen molar-refractivity contribution < 1.29 is 36.6 Å². The summed E-state index contributed by atoms with van der Waals surface area (Å²) in [7, 11) is 0. The number of hydrogen-bond acceptors (Lipinski definition) is 4. The minimum Gasteiger partial charge on any atom is -0.484 e. The Hall–Kier alpha value is -3.30. The van der Waals surface area contributed by atoms with Gasteiger partial charge in [-0.05, 0) is 48.5 Å². The number of hydrazine groups is 1. The van der Waals surface area contributed by atoms with Crippen LogP contribution in [0.1, 0.15) is 10.4 Å². The molecule has 0 saturated heterocycles. The number of rotatable bonds is 5. The van der Waals surface area contributed by atoms with Crippen molar-refractivity contribution in [3.63, 3.8) is 0 Å². The molecular formula is C16H12F4N2O4. The van der Waals surface area contributed by atoms with E-state index in [0.717, 1.165) is 36.4 Å². The van der Waals surface area contributed by atoms with Crippen LogP contribution in [0.2, 0.25) is 0 Å². The minimum atomic E-state index is -4.83. The molecule has 0 aromatic heterocycles. The quantitative estimate of drug-likeness (QED) is 0.625. The topological polar surface area (TPSA) is 76.7 Å². The molecule has 138 valence electrons.